The van der Waals surface area contributed by atoms with E-state index in [-0.39, 0.29) is 18.2 Å². The van der Waals surface area contributed by atoms with Crippen molar-refractivity contribution in [2.75, 3.05) is 0 Å². The summed E-state index contributed by atoms with van der Waals surface area (Å²) in [7, 11) is 0. The van der Waals surface area contributed by atoms with E-state index in [1.165, 1.54) is 0 Å². The number of ether oxygens (including phenoxy) is 1. The van der Waals surface area contributed by atoms with Crippen LogP contribution in [0, 0.1) is 6.92 Å². The Bertz CT molecular complexity index is 617. The van der Waals surface area contributed by atoms with Crippen molar-refractivity contribution < 1.29 is 14.6 Å². The number of hydrogen-bond donors (Lipinski definition) is 1. The quantitative estimate of drug-likeness (QED) is 0.910. The summed E-state index contributed by atoms with van der Waals surface area (Å²) in [4.78, 5) is 11.1. The van der Waals surface area contributed by atoms with Crippen molar-refractivity contribution in [2.24, 2.45) is 0 Å². The smallest absolute Gasteiger partial charge is 0.339 e. The average molecular weight is 274 g/mol. The molecule has 0 aliphatic heterocycles. The van der Waals surface area contributed by atoms with E-state index < -0.39 is 5.97 Å². The van der Waals surface area contributed by atoms with Crippen LogP contribution in [-0.4, -0.2) is 20.9 Å². The molecule has 0 bridgehead atoms. The lowest BCUT2D eigenvalue weighted by Gasteiger charge is -2.09. The summed E-state index contributed by atoms with van der Waals surface area (Å²) in [5.74, 6) is -0.621. The summed E-state index contributed by atoms with van der Waals surface area (Å²) in [6.45, 7) is 6.23. The molecule has 0 amide bonds. The predicted octanol–water partition coefficient (Wildman–Crippen LogP) is 3.05. The van der Waals surface area contributed by atoms with Gasteiger partial charge in [-0.25, -0.2) is 4.79 Å². The van der Waals surface area contributed by atoms with E-state index in [4.69, 9.17) is 9.84 Å². The molecule has 2 rings (SSSR count). The molecule has 0 aliphatic carbocycles. The molecule has 106 valence electrons. The number of hydrogen-bond acceptors (Lipinski definition) is 3. The first-order chi connectivity index (χ1) is 9.47. The molecule has 5 heteroatoms. The second-order valence-electron chi connectivity index (χ2n) is 4.97. The first-order valence-electron chi connectivity index (χ1n) is 6.48. The average Bonchev–Trinajstić information content (AvgIpc) is 2.85. The molecule has 5 nitrogen and oxygen atoms in total. The lowest BCUT2D eigenvalue weighted by atomic mass is 10.1. The lowest BCUT2D eigenvalue weighted by molar-refractivity contribution is 0.0691. The van der Waals surface area contributed by atoms with Crippen LogP contribution in [0.3, 0.4) is 0 Å². The molecule has 2 aromatic rings. The molecule has 20 heavy (non-hydrogen) atoms. The fourth-order valence-corrected chi connectivity index (χ4v) is 1.82. The Morgan fingerprint density at radius 3 is 2.75 bits per heavy atom. The maximum atomic E-state index is 11.1. The summed E-state index contributed by atoms with van der Waals surface area (Å²) >= 11 is 0. The van der Waals surface area contributed by atoms with Crippen LogP contribution in [0.5, 0.6) is 5.75 Å². The van der Waals surface area contributed by atoms with Crippen LogP contribution < -0.4 is 4.74 Å². The largest absolute Gasteiger partial charge is 0.486 e. The topological polar surface area (TPSA) is 64.3 Å². The number of aryl methyl sites for hydroxylation is 1. The Labute approximate surface area is 117 Å². The van der Waals surface area contributed by atoms with Gasteiger partial charge >= 0.3 is 5.97 Å². The molecule has 0 saturated carbocycles. The maximum absolute atomic E-state index is 11.1. The monoisotopic (exact) mass is 274 g/mol. The number of aromatic nitrogens is 2. The number of carboxylic acid groups (broad SMARTS) is 1. The summed E-state index contributed by atoms with van der Waals surface area (Å²) in [6.07, 6.45) is 1.89. The molecule has 1 heterocycles. The van der Waals surface area contributed by atoms with Gasteiger partial charge in [0.05, 0.1) is 5.69 Å². The highest BCUT2D eigenvalue weighted by Gasteiger charge is 2.12. The van der Waals surface area contributed by atoms with E-state index >= 15 is 0 Å². The fraction of sp³-hybridized carbons (Fsp3) is 0.333. The number of carboxylic acids is 1. The van der Waals surface area contributed by atoms with Crippen LogP contribution in [0.15, 0.2) is 30.5 Å². The fourth-order valence-electron chi connectivity index (χ4n) is 1.82. The van der Waals surface area contributed by atoms with Gasteiger partial charge in [0.25, 0.3) is 0 Å². The van der Waals surface area contributed by atoms with Crippen molar-refractivity contribution in [3.05, 3.63) is 47.3 Å². The van der Waals surface area contributed by atoms with Crippen molar-refractivity contribution in [2.45, 2.75) is 33.4 Å². The Balaban J connectivity index is 2.13. The minimum absolute atomic E-state index is 0.166. The standard InChI is InChI=1S/C15H18N2O3/c1-10(2)17-7-6-12(16-17)9-20-14-8-11(3)4-5-13(14)15(18)19/h4-8,10H,9H2,1-3H3,(H,18,19). The highest BCUT2D eigenvalue weighted by Crippen LogP contribution is 2.21. The van der Waals surface area contributed by atoms with Crippen LogP contribution in [0.4, 0.5) is 0 Å². The van der Waals surface area contributed by atoms with Gasteiger partial charge in [0, 0.05) is 12.2 Å². The molecule has 0 aliphatic rings. The van der Waals surface area contributed by atoms with Gasteiger partial charge in [-0.15, -0.1) is 0 Å². The number of benzene rings is 1. The molecule has 0 atom stereocenters. The Hall–Kier alpha value is -2.30. The van der Waals surface area contributed by atoms with Crippen LogP contribution in [0.25, 0.3) is 0 Å². The second kappa shape index (κ2) is 5.77. The van der Waals surface area contributed by atoms with E-state index in [1.807, 2.05) is 37.7 Å². The zero-order chi connectivity index (χ0) is 14.7. The maximum Gasteiger partial charge on any atom is 0.339 e. The van der Waals surface area contributed by atoms with Gasteiger partial charge in [0.2, 0.25) is 0 Å². The molecule has 1 aromatic heterocycles. The first kappa shape index (κ1) is 14.1. The third-order valence-corrected chi connectivity index (χ3v) is 2.94. The molecule has 0 saturated heterocycles. The molecule has 0 spiro atoms. The second-order valence-corrected chi connectivity index (χ2v) is 4.97. The summed E-state index contributed by atoms with van der Waals surface area (Å²) in [5.41, 5.74) is 1.90. The van der Waals surface area contributed by atoms with Gasteiger partial charge in [0.1, 0.15) is 17.9 Å². The number of nitrogens with zero attached hydrogens (tertiary/aromatic N) is 2. The Kier molecular flexibility index (Phi) is 4.08. The minimum Gasteiger partial charge on any atom is -0.486 e. The van der Waals surface area contributed by atoms with Gasteiger partial charge in [-0.1, -0.05) is 6.07 Å². The summed E-state index contributed by atoms with van der Waals surface area (Å²) in [6, 6.07) is 7.19. The Morgan fingerprint density at radius 1 is 1.40 bits per heavy atom. The van der Waals surface area contributed by atoms with E-state index in [9.17, 15) is 4.79 Å². The molecule has 1 aromatic carbocycles. The number of aromatic carboxylic acids is 1. The van der Waals surface area contributed by atoms with Crippen LogP contribution >= 0.6 is 0 Å². The van der Waals surface area contributed by atoms with E-state index in [0.717, 1.165) is 11.3 Å². The number of carbonyl (C=O) groups is 1. The molecule has 0 radical (unpaired) electrons. The van der Waals surface area contributed by atoms with Gasteiger partial charge in [-0.2, -0.15) is 5.10 Å². The van der Waals surface area contributed by atoms with Gasteiger partial charge < -0.3 is 9.84 Å². The third-order valence-electron chi connectivity index (χ3n) is 2.94. The van der Waals surface area contributed by atoms with Crippen LogP contribution in [0.1, 0.15) is 41.5 Å². The van der Waals surface area contributed by atoms with Gasteiger partial charge in [-0.3, -0.25) is 4.68 Å². The minimum atomic E-state index is -0.993. The van der Waals surface area contributed by atoms with Crippen molar-refractivity contribution in [3.8, 4) is 5.75 Å². The van der Waals surface area contributed by atoms with Crippen molar-refractivity contribution in [3.63, 3.8) is 0 Å². The van der Waals surface area contributed by atoms with Crippen LogP contribution in [-0.2, 0) is 6.61 Å². The highest BCUT2D eigenvalue weighted by atomic mass is 16.5. The van der Waals surface area contributed by atoms with E-state index in [1.54, 1.807) is 18.2 Å². The van der Waals surface area contributed by atoms with Gasteiger partial charge in [0.15, 0.2) is 0 Å². The molecular weight excluding hydrogens is 256 g/mol. The SMILES string of the molecule is Cc1ccc(C(=O)O)c(OCc2ccn(C(C)C)n2)c1. The lowest BCUT2D eigenvalue weighted by Crippen LogP contribution is -2.06. The van der Waals surface area contributed by atoms with Gasteiger partial charge in [-0.05, 0) is 44.5 Å². The number of rotatable bonds is 5. The Morgan fingerprint density at radius 2 is 2.15 bits per heavy atom. The van der Waals surface area contributed by atoms with Crippen molar-refractivity contribution in [1.82, 2.24) is 9.78 Å². The van der Waals surface area contributed by atoms with E-state index in [2.05, 4.69) is 5.10 Å². The highest BCUT2D eigenvalue weighted by molar-refractivity contribution is 5.90. The zero-order valence-corrected chi connectivity index (χ0v) is 11.8. The summed E-state index contributed by atoms with van der Waals surface area (Å²) in [5, 5.41) is 13.5. The van der Waals surface area contributed by atoms with E-state index in [0.29, 0.717) is 5.75 Å². The normalized spacial score (nSPS) is 10.8. The molecule has 0 unspecified atom stereocenters. The zero-order valence-electron chi connectivity index (χ0n) is 11.8. The molecular formula is C15H18N2O3. The molecule has 1 N–H and O–H groups in total. The predicted molar refractivity (Wildman–Crippen MR) is 75.1 cm³/mol. The third kappa shape index (κ3) is 3.17. The summed E-state index contributed by atoms with van der Waals surface area (Å²) < 4.78 is 7.44. The first-order valence-corrected chi connectivity index (χ1v) is 6.48. The van der Waals surface area contributed by atoms with Crippen molar-refractivity contribution >= 4 is 5.97 Å². The van der Waals surface area contributed by atoms with Crippen molar-refractivity contribution in [1.29, 1.82) is 0 Å². The van der Waals surface area contributed by atoms with Crippen LogP contribution in [0.2, 0.25) is 0 Å². The molecule has 0 fully saturated rings.